The summed E-state index contributed by atoms with van der Waals surface area (Å²) in [5.74, 6) is -0.589. The Morgan fingerprint density at radius 2 is 1.88 bits per heavy atom. The molecule has 1 atom stereocenters. The minimum atomic E-state index is -3.89. The number of halogens is 2. The highest BCUT2D eigenvalue weighted by Gasteiger charge is 2.26. The molecule has 1 unspecified atom stereocenters. The van der Waals surface area contributed by atoms with E-state index in [2.05, 4.69) is 0 Å². The number of nitrogens with two attached hydrogens (primary N) is 1. The van der Waals surface area contributed by atoms with Gasteiger partial charge in [0.1, 0.15) is 5.82 Å². The zero-order valence-electron chi connectivity index (χ0n) is 13.8. The van der Waals surface area contributed by atoms with Crippen LogP contribution in [0.1, 0.15) is 18.5 Å². The average molecular weight is 402 g/mol. The lowest BCUT2D eigenvalue weighted by molar-refractivity contribution is -0.384. The Morgan fingerprint density at radius 3 is 2.38 bits per heavy atom. The van der Waals surface area contributed by atoms with Crippen LogP contribution in [0.5, 0.6) is 0 Å². The molecule has 140 valence electrons. The summed E-state index contributed by atoms with van der Waals surface area (Å²) in [7, 11) is -3.89. The van der Waals surface area contributed by atoms with E-state index in [1.807, 2.05) is 0 Å². The van der Waals surface area contributed by atoms with Crippen molar-refractivity contribution < 1.29 is 17.7 Å². The molecule has 2 aromatic carbocycles. The molecule has 0 aromatic heterocycles. The highest BCUT2D eigenvalue weighted by atomic mass is 35.5. The van der Waals surface area contributed by atoms with Gasteiger partial charge in [0.05, 0.1) is 14.8 Å². The molecule has 26 heavy (non-hydrogen) atoms. The van der Waals surface area contributed by atoms with E-state index in [1.54, 1.807) is 6.92 Å². The number of rotatable bonds is 7. The van der Waals surface area contributed by atoms with Crippen LogP contribution in [0, 0.1) is 15.9 Å². The molecule has 0 aliphatic heterocycles. The predicted octanol–water partition coefficient (Wildman–Crippen LogP) is 3.10. The second-order valence-electron chi connectivity index (χ2n) is 5.49. The molecule has 0 aliphatic carbocycles. The van der Waals surface area contributed by atoms with Gasteiger partial charge in [0, 0.05) is 31.3 Å². The quantitative estimate of drug-likeness (QED) is 0.566. The van der Waals surface area contributed by atoms with Crippen molar-refractivity contribution in [1.29, 1.82) is 0 Å². The first-order chi connectivity index (χ1) is 12.2. The van der Waals surface area contributed by atoms with E-state index in [4.69, 9.17) is 17.3 Å². The van der Waals surface area contributed by atoms with E-state index in [1.165, 1.54) is 30.3 Å². The van der Waals surface area contributed by atoms with Crippen LogP contribution < -0.4 is 5.73 Å². The normalized spacial score (nSPS) is 13.0. The van der Waals surface area contributed by atoms with Crippen molar-refractivity contribution >= 4 is 27.3 Å². The maximum absolute atomic E-state index is 13.3. The average Bonchev–Trinajstić information content (AvgIpc) is 2.61. The summed E-state index contributed by atoms with van der Waals surface area (Å²) in [6.07, 6.45) is 0. The van der Waals surface area contributed by atoms with E-state index in [0.717, 1.165) is 16.4 Å². The molecule has 0 saturated heterocycles. The minimum absolute atomic E-state index is 0.0578. The van der Waals surface area contributed by atoms with Gasteiger partial charge < -0.3 is 5.73 Å². The summed E-state index contributed by atoms with van der Waals surface area (Å²) in [6.45, 7) is 1.73. The Kier molecular flexibility index (Phi) is 6.30. The molecule has 0 aliphatic rings. The third kappa shape index (κ3) is 4.36. The first-order valence-corrected chi connectivity index (χ1v) is 9.43. The largest absolute Gasteiger partial charge is 0.323 e. The molecule has 2 N–H and O–H groups in total. The van der Waals surface area contributed by atoms with Crippen LogP contribution in [0.15, 0.2) is 47.4 Å². The molecule has 2 aromatic rings. The van der Waals surface area contributed by atoms with Gasteiger partial charge in [-0.15, -0.1) is 0 Å². The van der Waals surface area contributed by atoms with Crippen molar-refractivity contribution in [3.63, 3.8) is 0 Å². The standard InChI is InChI=1S/C16H17ClFN3O4S/c1-2-20(10-16(19)11-3-8-15(18)14(17)9-11)26(24,25)13-6-4-12(5-7-13)21(22)23/h3-9,16H,2,10,19H2,1H3. The molecule has 0 saturated carbocycles. The first kappa shape index (κ1) is 20.2. The topological polar surface area (TPSA) is 107 Å². The van der Waals surface area contributed by atoms with E-state index < -0.39 is 26.8 Å². The lowest BCUT2D eigenvalue weighted by atomic mass is 10.1. The Hall–Kier alpha value is -2.07. The third-order valence-electron chi connectivity index (χ3n) is 3.81. The number of hydrogen-bond acceptors (Lipinski definition) is 5. The summed E-state index contributed by atoms with van der Waals surface area (Å²) >= 11 is 5.74. The van der Waals surface area contributed by atoms with Crippen LogP contribution in [0.2, 0.25) is 5.02 Å². The number of likely N-dealkylation sites (N-methyl/N-ethyl adjacent to an activating group) is 1. The Morgan fingerprint density at radius 1 is 1.27 bits per heavy atom. The number of nitro benzene ring substituents is 1. The molecular weight excluding hydrogens is 385 g/mol. The molecule has 7 nitrogen and oxygen atoms in total. The maximum atomic E-state index is 13.3. The fourth-order valence-electron chi connectivity index (χ4n) is 2.35. The molecule has 0 spiro atoms. The van der Waals surface area contributed by atoms with E-state index >= 15 is 0 Å². The van der Waals surface area contributed by atoms with Gasteiger partial charge in [-0.1, -0.05) is 24.6 Å². The van der Waals surface area contributed by atoms with E-state index in [-0.39, 0.29) is 28.7 Å². The van der Waals surface area contributed by atoms with Crippen molar-refractivity contribution in [2.75, 3.05) is 13.1 Å². The van der Waals surface area contributed by atoms with Crippen LogP contribution in [0.25, 0.3) is 0 Å². The molecule has 2 rings (SSSR count). The second kappa shape index (κ2) is 8.09. The van der Waals surface area contributed by atoms with E-state index in [9.17, 15) is 22.9 Å². The number of nitrogens with zero attached hydrogens (tertiary/aromatic N) is 2. The van der Waals surface area contributed by atoms with Crippen molar-refractivity contribution in [3.05, 3.63) is 69.0 Å². The highest BCUT2D eigenvalue weighted by Crippen LogP contribution is 2.24. The number of nitro groups is 1. The van der Waals surface area contributed by atoms with Gasteiger partial charge >= 0.3 is 0 Å². The Balaban J connectivity index is 2.25. The number of benzene rings is 2. The third-order valence-corrected chi connectivity index (χ3v) is 6.05. The molecule has 0 amide bonds. The van der Waals surface area contributed by atoms with Gasteiger partial charge in [-0.25, -0.2) is 12.8 Å². The molecule has 0 fully saturated rings. The Labute approximate surface area is 155 Å². The number of sulfonamides is 1. The van der Waals surface area contributed by atoms with Crippen LogP contribution >= 0.6 is 11.6 Å². The fraction of sp³-hybridized carbons (Fsp3) is 0.250. The van der Waals surface area contributed by atoms with Gasteiger partial charge in [-0.05, 0) is 29.8 Å². The van der Waals surface area contributed by atoms with Crippen molar-refractivity contribution in [2.45, 2.75) is 17.9 Å². The van der Waals surface area contributed by atoms with Crippen LogP contribution in [-0.2, 0) is 10.0 Å². The molecule has 0 bridgehead atoms. The lowest BCUT2D eigenvalue weighted by Gasteiger charge is -2.24. The number of hydrogen-bond donors (Lipinski definition) is 1. The first-order valence-electron chi connectivity index (χ1n) is 7.62. The van der Waals surface area contributed by atoms with Gasteiger partial charge in [0.15, 0.2) is 0 Å². The van der Waals surface area contributed by atoms with Gasteiger partial charge in [-0.3, -0.25) is 10.1 Å². The van der Waals surface area contributed by atoms with Gasteiger partial charge in [0.2, 0.25) is 10.0 Å². The van der Waals surface area contributed by atoms with Crippen molar-refractivity contribution in [1.82, 2.24) is 4.31 Å². The fourth-order valence-corrected chi connectivity index (χ4v) is 4.02. The van der Waals surface area contributed by atoms with Gasteiger partial charge in [-0.2, -0.15) is 4.31 Å². The van der Waals surface area contributed by atoms with Crippen LogP contribution in [0.4, 0.5) is 10.1 Å². The van der Waals surface area contributed by atoms with Crippen molar-refractivity contribution in [3.8, 4) is 0 Å². The Bertz CT molecular complexity index is 906. The summed E-state index contributed by atoms with van der Waals surface area (Å²) in [5, 5.41) is 10.6. The molecule has 0 radical (unpaired) electrons. The zero-order valence-corrected chi connectivity index (χ0v) is 15.4. The molecular formula is C16H17ClFN3O4S. The highest BCUT2D eigenvalue weighted by molar-refractivity contribution is 7.89. The predicted molar refractivity (Wildman–Crippen MR) is 95.9 cm³/mol. The monoisotopic (exact) mass is 401 g/mol. The number of non-ortho nitro benzene ring substituents is 1. The zero-order chi connectivity index (χ0) is 19.5. The van der Waals surface area contributed by atoms with E-state index in [0.29, 0.717) is 5.56 Å². The van der Waals surface area contributed by atoms with Gasteiger partial charge in [0.25, 0.3) is 5.69 Å². The molecule has 10 heteroatoms. The second-order valence-corrected chi connectivity index (χ2v) is 7.83. The summed E-state index contributed by atoms with van der Waals surface area (Å²) < 4.78 is 39.9. The van der Waals surface area contributed by atoms with Crippen LogP contribution in [-0.4, -0.2) is 30.7 Å². The van der Waals surface area contributed by atoms with Crippen LogP contribution in [0.3, 0.4) is 0 Å². The maximum Gasteiger partial charge on any atom is 0.269 e. The summed E-state index contributed by atoms with van der Waals surface area (Å²) in [5.41, 5.74) is 6.34. The SMILES string of the molecule is CCN(CC(N)c1ccc(F)c(Cl)c1)S(=O)(=O)c1ccc([N+](=O)[O-])cc1. The van der Waals surface area contributed by atoms with Crippen molar-refractivity contribution in [2.24, 2.45) is 5.73 Å². The summed E-state index contributed by atoms with van der Waals surface area (Å²) in [6, 6.07) is 7.85. The smallest absolute Gasteiger partial charge is 0.269 e. The minimum Gasteiger partial charge on any atom is -0.323 e. The summed E-state index contributed by atoms with van der Waals surface area (Å²) in [4.78, 5) is 10.0. The molecule has 0 heterocycles. The lowest BCUT2D eigenvalue weighted by Crippen LogP contribution is -2.37.